The van der Waals surface area contributed by atoms with Crippen molar-refractivity contribution in [3.05, 3.63) is 35.7 Å². The third-order valence-electron chi connectivity index (χ3n) is 4.89. The van der Waals surface area contributed by atoms with Crippen LogP contribution in [0.1, 0.15) is 56.9 Å². The smallest absolute Gasteiger partial charge is 0.410 e. The molecular weight excluding hydrogens is 386 g/mol. The second-order valence-electron chi connectivity index (χ2n) is 8.48. The summed E-state index contributed by atoms with van der Waals surface area (Å²) in [6.07, 6.45) is 9.52. The van der Waals surface area contributed by atoms with Crippen LogP contribution in [0.2, 0.25) is 0 Å². The van der Waals surface area contributed by atoms with Crippen molar-refractivity contribution in [2.45, 2.75) is 58.1 Å². The minimum Gasteiger partial charge on any atom is -0.444 e. The number of nitrogens with one attached hydrogen (secondary N) is 3. The van der Waals surface area contributed by atoms with Gasteiger partial charge in [0.15, 0.2) is 5.69 Å². The van der Waals surface area contributed by atoms with Crippen molar-refractivity contribution in [2.24, 2.45) is 0 Å². The Morgan fingerprint density at radius 2 is 1.93 bits per heavy atom. The van der Waals surface area contributed by atoms with Crippen molar-refractivity contribution < 1.29 is 19.1 Å². The van der Waals surface area contributed by atoms with Gasteiger partial charge in [-0.2, -0.15) is 5.10 Å². The van der Waals surface area contributed by atoms with Crippen molar-refractivity contribution >= 4 is 23.6 Å². The van der Waals surface area contributed by atoms with Crippen LogP contribution in [0.4, 0.5) is 10.5 Å². The predicted octanol–water partition coefficient (Wildman–Crippen LogP) is 2.75. The van der Waals surface area contributed by atoms with Gasteiger partial charge in [-0.1, -0.05) is 18.2 Å². The normalized spacial score (nSPS) is 17.3. The van der Waals surface area contributed by atoms with Crippen LogP contribution in [0, 0.1) is 0 Å². The maximum Gasteiger partial charge on any atom is 0.410 e. The highest BCUT2D eigenvalue weighted by Gasteiger charge is 2.28. The number of ether oxygens (including phenoxy) is 1. The number of aromatic amines is 1. The molecule has 3 amide bonds. The number of H-pyrrole nitrogens is 1. The molecule has 0 unspecified atom stereocenters. The average Bonchev–Trinajstić information content (AvgIpc) is 3.16. The summed E-state index contributed by atoms with van der Waals surface area (Å²) in [6, 6.07) is -0.0809. The number of carbonyl (C=O) groups excluding carboxylic acids is 3. The number of rotatable bonds is 4. The lowest BCUT2D eigenvalue weighted by atomic mass is 10.0. The van der Waals surface area contributed by atoms with Crippen molar-refractivity contribution in [3.8, 4) is 0 Å². The number of anilines is 1. The number of hydrogen-bond donors (Lipinski definition) is 3. The molecule has 2 heterocycles. The highest BCUT2D eigenvalue weighted by atomic mass is 16.6. The van der Waals surface area contributed by atoms with E-state index in [0.717, 1.165) is 6.42 Å². The first-order chi connectivity index (χ1) is 14.2. The molecule has 0 atom stereocenters. The van der Waals surface area contributed by atoms with Gasteiger partial charge in [-0.15, -0.1) is 0 Å². The molecule has 162 valence electrons. The highest BCUT2D eigenvalue weighted by molar-refractivity contribution is 6.08. The van der Waals surface area contributed by atoms with Crippen LogP contribution in [0.5, 0.6) is 0 Å². The first kappa shape index (κ1) is 21.6. The molecule has 1 aliphatic carbocycles. The molecule has 1 aromatic heterocycles. The lowest BCUT2D eigenvalue weighted by molar-refractivity contribution is -0.113. The van der Waals surface area contributed by atoms with Gasteiger partial charge in [-0.3, -0.25) is 14.7 Å². The van der Waals surface area contributed by atoms with Crippen molar-refractivity contribution in [3.63, 3.8) is 0 Å². The van der Waals surface area contributed by atoms with E-state index in [1.807, 2.05) is 32.9 Å². The van der Waals surface area contributed by atoms with Crippen LogP contribution >= 0.6 is 0 Å². The number of nitrogens with zero attached hydrogens (tertiary/aromatic N) is 2. The Morgan fingerprint density at radius 1 is 1.20 bits per heavy atom. The Balaban J connectivity index is 1.52. The molecule has 30 heavy (non-hydrogen) atoms. The fraction of sp³-hybridized carbons (Fsp3) is 0.524. The number of hydrogen-bond acceptors (Lipinski definition) is 5. The summed E-state index contributed by atoms with van der Waals surface area (Å²) in [4.78, 5) is 38.9. The summed E-state index contributed by atoms with van der Waals surface area (Å²) in [5, 5.41) is 12.3. The molecule has 9 heteroatoms. The molecule has 3 rings (SSSR count). The largest absolute Gasteiger partial charge is 0.444 e. The lowest BCUT2D eigenvalue weighted by Gasteiger charge is -2.33. The maximum atomic E-state index is 12.7. The van der Waals surface area contributed by atoms with E-state index in [0.29, 0.717) is 43.6 Å². The van der Waals surface area contributed by atoms with E-state index in [1.54, 1.807) is 11.0 Å². The molecule has 0 radical (unpaired) electrons. The Kier molecular flexibility index (Phi) is 6.59. The third kappa shape index (κ3) is 5.71. The fourth-order valence-corrected chi connectivity index (χ4v) is 3.34. The van der Waals surface area contributed by atoms with Crippen LogP contribution in [0.15, 0.2) is 30.0 Å². The predicted molar refractivity (Wildman–Crippen MR) is 112 cm³/mol. The van der Waals surface area contributed by atoms with E-state index < -0.39 is 5.60 Å². The Morgan fingerprint density at radius 3 is 2.57 bits per heavy atom. The number of allylic oxidation sites excluding steroid dienone is 3. The number of amides is 3. The molecule has 9 nitrogen and oxygen atoms in total. The van der Waals surface area contributed by atoms with E-state index in [-0.39, 0.29) is 29.6 Å². The van der Waals surface area contributed by atoms with Crippen LogP contribution in [0.25, 0.3) is 0 Å². The van der Waals surface area contributed by atoms with Gasteiger partial charge in [0.2, 0.25) is 0 Å². The average molecular weight is 415 g/mol. The zero-order valence-electron chi connectivity index (χ0n) is 17.7. The van der Waals surface area contributed by atoms with Gasteiger partial charge in [0.05, 0.1) is 5.69 Å². The number of likely N-dealkylation sites (tertiary alicyclic amines) is 1. The van der Waals surface area contributed by atoms with Crippen molar-refractivity contribution in [1.82, 2.24) is 20.4 Å². The van der Waals surface area contributed by atoms with Gasteiger partial charge in [0.1, 0.15) is 5.60 Å². The quantitative estimate of drug-likeness (QED) is 0.699. The third-order valence-corrected chi connectivity index (χ3v) is 4.89. The molecule has 1 aliphatic heterocycles. The summed E-state index contributed by atoms with van der Waals surface area (Å²) in [7, 11) is 0. The number of aromatic nitrogens is 2. The van der Waals surface area contributed by atoms with Crippen LogP contribution in [-0.4, -0.2) is 57.7 Å². The molecule has 0 bridgehead atoms. The van der Waals surface area contributed by atoms with E-state index >= 15 is 0 Å². The molecule has 3 N–H and O–H groups in total. The Hall–Kier alpha value is -3.10. The van der Waals surface area contributed by atoms with Gasteiger partial charge in [-0.05, 0) is 46.5 Å². The zero-order chi connectivity index (χ0) is 21.7. The first-order valence-corrected chi connectivity index (χ1v) is 10.2. The number of piperidine rings is 1. The van der Waals surface area contributed by atoms with E-state index in [1.165, 1.54) is 6.20 Å². The van der Waals surface area contributed by atoms with Crippen LogP contribution in [0.3, 0.4) is 0 Å². The van der Waals surface area contributed by atoms with Gasteiger partial charge >= 0.3 is 6.09 Å². The van der Waals surface area contributed by atoms with E-state index in [4.69, 9.17) is 4.74 Å². The highest BCUT2D eigenvalue weighted by Crippen LogP contribution is 2.19. The molecule has 0 spiro atoms. The van der Waals surface area contributed by atoms with E-state index in [2.05, 4.69) is 20.8 Å². The summed E-state index contributed by atoms with van der Waals surface area (Å²) in [5.41, 5.74) is 0.621. The Bertz CT molecular complexity index is 857. The summed E-state index contributed by atoms with van der Waals surface area (Å²) >= 11 is 0. The second kappa shape index (κ2) is 9.15. The van der Waals surface area contributed by atoms with Crippen molar-refractivity contribution in [1.29, 1.82) is 0 Å². The SMILES string of the molecule is CC(C)(C)OC(=O)N1CCC(NC(=O)c2n[nH]cc2NC(=O)C2=CC=CCC2)CC1. The lowest BCUT2D eigenvalue weighted by Crippen LogP contribution is -2.47. The molecule has 1 aromatic rings. The molecule has 1 saturated heterocycles. The standard InChI is InChI=1S/C21H29N5O4/c1-21(2,3)30-20(29)26-11-9-15(10-12-26)23-19(28)17-16(13-22-25-17)24-18(27)14-7-5-4-6-8-14/h4-5,7,13,15H,6,8-12H2,1-3H3,(H,22,25)(H,23,28)(H,24,27). The molecular formula is C21H29N5O4. The zero-order valence-corrected chi connectivity index (χ0v) is 17.7. The summed E-state index contributed by atoms with van der Waals surface area (Å²) in [5.74, 6) is -0.597. The fourth-order valence-electron chi connectivity index (χ4n) is 3.34. The molecule has 0 aromatic carbocycles. The molecule has 0 saturated carbocycles. The van der Waals surface area contributed by atoms with Gasteiger partial charge < -0.3 is 20.3 Å². The van der Waals surface area contributed by atoms with Gasteiger partial charge in [0.25, 0.3) is 11.8 Å². The monoisotopic (exact) mass is 415 g/mol. The molecule has 1 fully saturated rings. The van der Waals surface area contributed by atoms with Crippen LogP contribution in [-0.2, 0) is 9.53 Å². The van der Waals surface area contributed by atoms with Crippen molar-refractivity contribution in [2.75, 3.05) is 18.4 Å². The minimum absolute atomic E-state index is 0.0809. The van der Waals surface area contributed by atoms with E-state index in [9.17, 15) is 14.4 Å². The van der Waals surface area contributed by atoms with Crippen LogP contribution < -0.4 is 10.6 Å². The molecule has 2 aliphatic rings. The van der Waals surface area contributed by atoms with Gasteiger partial charge in [0, 0.05) is 30.9 Å². The van der Waals surface area contributed by atoms with Gasteiger partial charge in [-0.25, -0.2) is 4.79 Å². The maximum absolute atomic E-state index is 12.7. The summed E-state index contributed by atoms with van der Waals surface area (Å²) in [6.45, 7) is 6.51. The number of carbonyl (C=O) groups is 3. The Labute approximate surface area is 175 Å². The minimum atomic E-state index is -0.535. The summed E-state index contributed by atoms with van der Waals surface area (Å²) < 4.78 is 5.39. The first-order valence-electron chi connectivity index (χ1n) is 10.2. The topological polar surface area (TPSA) is 116 Å². The second-order valence-corrected chi connectivity index (χ2v) is 8.48.